The molecule has 0 fully saturated rings. The Balaban J connectivity index is 2.27. The van der Waals surface area contributed by atoms with Crippen molar-refractivity contribution in [1.82, 2.24) is 9.97 Å². The minimum Gasteiger partial charge on any atom is -0.490 e. The van der Waals surface area contributed by atoms with Gasteiger partial charge in [0.15, 0.2) is 5.75 Å². The second-order valence-corrected chi connectivity index (χ2v) is 5.77. The van der Waals surface area contributed by atoms with Crippen LogP contribution in [-0.4, -0.2) is 16.6 Å². The number of H-pyrrole nitrogens is 1. The lowest BCUT2D eigenvalue weighted by Gasteiger charge is -2.12. The number of aryl methyl sites for hydroxylation is 1. The number of fused-ring (bicyclic) bond motifs is 1. The van der Waals surface area contributed by atoms with E-state index in [1.165, 1.54) is 0 Å². The molecule has 1 N–H and O–H groups in total. The van der Waals surface area contributed by atoms with E-state index in [9.17, 15) is 4.79 Å². The molecule has 0 spiro atoms. The van der Waals surface area contributed by atoms with E-state index in [0.29, 0.717) is 34.2 Å². The molecule has 23 heavy (non-hydrogen) atoms. The quantitative estimate of drug-likeness (QED) is 0.775. The average molecular weight is 329 g/mol. The third-order valence-corrected chi connectivity index (χ3v) is 3.94. The van der Waals surface area contributed by atoms with Crippen molar-refractivity contribution >= 4 is 22.5 Å². The molecule has 0 saturated heterocycles. The van der Waals surface area contributed by atoms with Crippen molar-refractivity contribution in [3.05, 3.63) is 57.5 Å². The van der Waals surface area contributed by atoms with Crippen LogP contribution in [0.4, 0.5) is 0 Å². The Labute approximate surface area is 139 Å². The second-order valence-electron chi connectivity index (χ2n) is 5.36. The molecule has 3 aromatic rings. The first-order valence-electron chi connectivity index (χ1n) is 7.52. The zero-order chi connectivity index (χ0) is 16.4. The summed E-state index contributed by atoms with van der Waals surface area (Å²) < 4.78 is 5.79. The number of halogens is 1. The smallest absolute Gasteiger partial charge is 0.257 e. The molecule has 0 radical (unpaired) electrons. The highest BCUT2D eigenvalue weighted by Gasteiger charge is 2.14. The zero-order valence-corrected chi connectivity index (χ0v) is 13.8. The van der Waals surface area contributed by atoms with Gasteiger partial charge in [-0.25, -0.2) is 4.98 Å². The molecule has 0 aliphatic rings. The lowest BCUT2D eigenvalue weighted by molar-refractivity contribution is 0.321. The van der Waals surface area contributed by atoms with Gasteiger partial charge in [-0.15, -0.1) is 0 Å². The van der Waals surface area contributed by atoms with Gasteiger partial charge in [-0.05, 0) is 43.2 Å². The molecule has 0 aliphatic heterocycles. The van der Waals surface area contributed by atoms with Gasteiger partial charge in [-0.1, -0.05) is 24.6 Å². The first-order valence-corrected chi connectivity index (χ1v) is 7.90. The molecule has 4 nitrogen and oxygen atoms in total. The number of ether oxygens (including phenoxy) is 1. The summed E-state index contributed by atoms with van der Waals surface area (Å²) in [6.45, 7) is 4.59. The Kier molecular flexibility index (Phi) is 4.35. The van der Waals surface area contributed by atoms with Crippen LogP contribution in [0.2, 0.25) is 5.02 Å². The molecule has 0 aliphatic carbocycles. The normalized spacial score (nSPS) is 10.9. The van der Waals surface area contributed by atoms with Gasteiger partial charge in [-0.3, -0.25) is 4.79 Å². The molecule has 0 bridgehead atoms. The number of hydrogen-bond donors (Lipinski definition) is 1. The van der Waals surface area contributed by atoms with Crippen molar-refractivity contribution in [2.45, 2.75) is 20.3 Å². The van der Waals surface area contributed by atoms with Gasteiger partial charge >= 0.3 is 0 Å². The summed E-state index contributed by atoms with van der Waals surface area (Å²) >= 11 is 6.29. The lowest BCUT2D eigenvalue weighted by atomic mass is 10.1. The summed E-state index contributed by atoms with van der Waals surface area (Å²) in [4.78, 5) is 19.4. The van der Waals surface area contributed by atoms with Crippen molar-refractivity contribution in [1.29, 1.82) is 0 Å². The zero-order valence-electron chi connectivity index (χ0n) is 13.0. The third kappa shape index (κ3) is 2.94. The third-order valence-electron chi connectivity index (χ3n) is 3.64. The predicted molar refractivity (Wildman–Crippen MR) is 93.3 cm³/mol. The topological polar surface area (TPSA) is 55.0 Å². The Morgan fingerprint density at radius 1 is 1.30 bits per heavy atom. The molecule has 0 amide bonds. The Morgan fingerprint density at radius 2 is 2.13 bits per heavy atom. The highest BCUT2D eigenvalue weighted by Crippen LogP contribution is 2.35. The number of hydrogen-bond acceptors (Lipinski definition) is 3. The van der Waals surface area contributed by atoms with E-state index in [1.807, 2.05) is 32.0 Å². The van der Waals surface area contributed by atoms with Gasteiger partial charge in [0.05, 0.1) is 22.9 Å². The predicted octanol–water partition coefficient (Wildman–Crippen LogP) is 4.34. The van der Waals surface area contributed by atoms with Crippen molar-refractivity contribution in [2.24, 2.45) is 0 Å². The number of benzene rings is 1. The van der Waals surface area contributed by atoms with Crippen LogP contribution < -0.4 is 10.3 Å². The van der Waals surface area contributed by atoms with Crippen LogP contribution in [0.15, 0.2) is 41.3 Å². The van der Waals surface area contributed by atoms with Crippen LogP contribution in [-0.2, 0) is 0 Å². The molecule has 2 heterocycles. The van der Waals surface area contributed by atoms with Gasteiger partial charge < -0.3 is 9.72 Å². The van der Waals surface area contributed by atoms with Crippen LogP contribution in [0.3, 0.4) is 0 Å². The van der Waals surface area contributed by atoms with Crippen LogP contribution in [0.5, 0.6) is 5.75 Å². The van der Waals surface area contributed by atoms with Gasteiger partial charge in [-0.2, -0.15) is 0 Å². The van der Waals surface area contributed by atoms with Gasteiger partial charge in [0.2, 0.25) is 0 Å². The van der Waals surface area contributed by atoms with E-state index in [1.54, 1.807) is 18.3 Å². The Hall–Kier alpha value is -2.33. The monoisotopic (exact) mass is 328 g/mol. The molecule has 0 saturated carbocycles. The summed E-state index contributed by atoms with van der Waals surface area (Å²) in [6, 6.07) is 9.19. The maximum atomic E-state index is 12.0. The van der Waals surface area contributed by atoms with E-state index in [0.717, 1.165) is 17.4 Å². The maximum Gasteiger partial charge on any atom is 0.257 e. The highest BCUT2D eigenvalue weighted by molar-refractivity contribution is 6.33. The van der Waals surface area contributed by atoms with Crippen molar-refractivity contribution in [3.8, 4) is 17.0 Å². The van der Waals surface area contributed by atoms with E-state index in [4.69, 9.17) is 16.3 Å². The molecular weight excluding hydrogens is 312 g/mol. The fraction of sp³-hybridized carbons (Fsp3) is 0.222. The highest BCUT2D eigenvalue weighted by atomic mass is 35.5. The van der Waals surface area contributed by atoms with Gasteiger partial charge in [0.1, 0.15) is 5.52 Å². The number of nitrogens with one attached hydrogen (secondary N) is 1. The summed E-state index contributed by atoms with van der Waals surface area (Å²) in [5.74, 6) is 0.573. The summed E-state index contributed by atoms with van der Waals surface area (Å²) in [6.07, 6.45) is 2.48. The van der Waals surface area contributed by atoms with Gasteiger partial charge in [0.25, 0.3) is 5.56 Å². The molecule has 1 aromatic carbocycles. The summed E-state index contributed by atoms with van der Waals surface area (Å²) in [7, 11) is 0. The first-order chi connectivity index (χ1) is 11.1. The van der Waals surface area contributed by atoms with E-state index in [-0.39, 0.29) is 5.56 Å². The number of aromatic nitrogens is 2. The van der Waals surface area contributed by atoms with Gasteiger partial charge in [0, 0.05) is 11.6 Å². The van der Waals surface area contributed by atoms with Crippen molar-refractivity contribution in [3.63, 3.8) is 0 Å². The van der Waals surface area contributed by atoms with E-state index in [2.05, 4.69) is 9.97 Å². The molecule has 2 aromatic heterocycles. The Morgan fingerprint density at radius 3 is 2.87 bits per heavy atom. The largest absolute Gasteiger partial charge is 0.490 e. The standard InChI is InChI=1S/C18H17ClN2O2/c1-3-9-23-17-14(19)7-6-12-11(2)10-15(21-16(12)17)13-5-4-8-20-18(13)22/h4-8,10H,3,9H2,1-2H3,(H,20,22). The number of pyridine rings is 2. The molecular formula is C18H17ClN2O2. The Bertz CT molecular complexity index is 919. The van der Waals surface area contributed by atoms with E-state index >= 15 is 0 Å². The molecule has 118 valence electrons. The first kappa shape index (κ1) is 15.6. The van der Waals surface area contributed by atoms with E-state index < -0.39 is 0 Å². The van der Waals surface area contributed by atoms with Crippen molar-refractivity contribution in [2.75, 3.05) is 6.61 Å². The fourth-order valence-corrected chi connectivity index (χ4v) is 2.72. The molecule has 0 atom stereocenters. The average Bonchev–Trinajstić information content (AvgIpc) is 2.54. The minimum atomic E-state index is -0.170. The summed E-state index contributed by atoms with van der Waals surface area (Å²) in [5.41, 5.74) is 2.67. The molecule has 0 unspecified atom stereocenters. The maximum absolute atomic E-state index is 12.0. The number of rotatable bonds is 4. The van der Waals surface area contributed by atoms with Crippen LogP contribution in [0.25, 0.3) is 22.2 Å². The molecule has 3 rings (SSSR count). The van der Waals surface area contributed by atoms with Crippen LogP contribution in [0, 0.1) is 6.92 Å². The SMILES string of the molecule is CCCOc1c(Cl)ccc2c(C)cc(-c3ccc[nH]c3=O)nc12. The molecule has 5 heteroatoms. The van der Waals surface area contributed by atoms with Crippen LogP contribution >= 0.6 is 11.6 Å². The van der Waals surface area contributed by atoms with Crippen molar-refractivity contribution < 1.29 is 4.74 Å². The van der Waals surface area contributed by atoms with Crippen LogP contribution in [0.1, 0.15) is 18.9 Å². The second kappa shape index (κ2) is 6.42. The fourth-order valence-electron chi connectivity index (χ4n) is 2.51. The summed E-state index contributed by atoms with van der Waals surface area (Å²) in [5, 5.41) is 1.49. The number of aromatic amines is 1. The minimum absolute atomic E-state index is 0.170. The number of nitrogens with zero attached hydrogens (tertiary/aromatic N) is 1. The lowest BCUT2D eigenvalue weighted by Crippen LogP contribution is -2.08.